The highest BCUT2D eigenvalue weighted by molar-refractivity contribution is 7.92. The Morgan fingerprint density at radius 2 is 1.92 bits per heavy atom. The van der Waals surface area contributed by atoms with Gasteiger partial charge in [-0.15, -0.1) is 0 Å². The summed E-state index contributed by atoms with van der Waals surface area (Å²) < 4.78 is 25.2. The number of benzene rings is 2. The zero-order chi connectivity index (χ0) is 19.5. The molecule has 0 aliphatic carbocycles. The van der Waals surface area contributed by atoms with E-state index in [0.29, 0.717) is 11.1 Å². The molecule has 1 unspecified atom stereocenters. The highest BCUT2D eigenvalue weighted by Gasteiger charge is 2.19. The van der Waals surface area contributed by atoms with Gasteiger partial charge in [-0.25, -0.2) is 8.42 Å². The number of carbonyl (C=O) groups is 1. The van der Waals surface area contributed by atoms with E-state index in [1.807, 2.05) is 6.07 Å². The summed E-state index contributed by atoms with van der Waals surface area (Å²) in [6.45, 7) is 1.71. The van der Waals surface area contributed by atoms with Crippen molar-refractivity contribution in [1.29, 1.82) is 5.26 Å². The Kier molecular flexibility index (Phi) is 6.13. The van der Waals surface area contributed by atoms with Crippen molar-refractivity contribution in [2.24, 2.45) is 0 Å². The molecule has 0 bridgehead atoms. The van der Waals surface area contributed by atoms with Gasteiger partial charge in [-0.1, -0.05) is 41.4 Å². The molecule has 9 heteroatoms. The van der Waals surface area contributed by atoms with Gasteiger partial charge in [-0.3, -0.25) is 9.52 Å². The molecule has 0 radical (unpaired) electrons. The van der Waals surface area contributed by atoms with E-state index < -0.39 is 22.0 Å². The lowest BCUT2D eigenvalue weighted by atomic mass is 10.1. The number of nitriles is 1. The third-order valence-electron chi connectivity index (χ3n) is 3.49. The first-order valence-corrected chi connectivity index (χ1v) is 10.00. The molecule has 0 heterocycles. The number of hydrogen-bond acceptors (Lipinski definition) is 4. The van der Waals surface area contributed by atoms with E-state index in [2.05, 4.69) is 10.0 Å². The standard InChI is InChI=1S/C17H15Cl2N3O3S/c1-10-6-7-11(8-14(10)22-26(2,24)25)17(23)21-15(9-20)12-4-3-5-13(18)16(12)19/h3-8,15,22H,1-2H3,(H,21,23). The summed E-state index contributed by atoms with van der Waals surface area (Å²) in [5.74, 6) is -0.552. The minimum Gasteiger partial charge on any atom is -0.332 e. The van der Waals surface area contributed by atoms with Crippen molar-refractivity contribution in [2.75, 3.05) is 11.0 Å². The topological polar surface area (TPSA) is 99.1 Å². The van der Waals surface area contributed by atoms with Crippen LogP contribution in [-0.2, 0) is 10.0 Å². The van der Waals surface area contributed by atoms with Crippen LogP contribution in [-0.4, -0.2) is 20.6 Å². The quantitative estimate of drug-likeness (QED) is 0.783. The fraction of sp³-hybridized carbons (Fsp3) is 0.176. The maximum atomic E-state index is 12.5. The lowest BCUT2D eigenvalue weighted by Gasteiger charge is -2.15. The van der Waals surface area contributed by atoms with Gasteiger partial charge in [-0.05, 0) is 30.7 Å². The van der Waals surface area contributed by atoms with Crippen LogP contribution in [0.3, 0.4) is 0 Å². The molecule has 26 heavy (non-hydrogen) atoms. The smallest absolute Gasteiger partial charge is 0.252 e. The summed E-state index contributed by atoms with van der Waals surface area (Å²) in [5, 5.41) is 12.4. The maximum absolute atomic E-state index is 12.5. The Hall–Kier alpha value is -2.27. The second-order valence-electron chi connectivity index (χ2n) is 5.58. The average molecular weight is 412 g/mol. The van der Waals surface area contributed by atoms with Crippen molar-refractivity contribution in [1.82, 2.24) is 5.32 Å². The number of aryl methyl sites for hydroxylation is 1. The van der Waals surface area contributed by atoms with Crippen LogP contribution in [0.5, 0.6) is 0 Å². The Bertz CT molecular complexity index is 1000. The fourth-order valence-corrected chi connectivity index (χ4v) is 3.25. The summed E-state index contributed by atoms with van der Waals surface area (Å²) in [5.41, 5.74) is 1.51. The molecule has 0 aromatic heterocycles. The van der Waals surface area contributed by atoms with Crippen molar-refractivity contribution in [3.8, 4) is 6.07 Å². The molecule has 2 N–H and O–H groups in total. The number of anilines is 1. The molecule has 1 amide bonds. The van der Waals surface area contributed by atoms with Gasteiger partial charge in [0.25, 0.3) is 5.91 Å². The number of sulfonamides is 1. The first-order chi connectivity index (χ1) is 12.1. The van der Waals surface area contributed by atoms with Crippen LogP contribution in [0.25, 0.3) is 0 Å². The van der Waals surface area contributed by atoms with E-state index in [4.69, 9.17) is 23.2 Å². The van der Waals surface area contributed by atoms with Gasteiger partial charge in [0.2, 0.25) is 10.0 Å². The van der Waals surface area contributed by atoms with E-state index in [1.54, 1.807) is 31.2 Å². The number of halogens is 2. The number of rotatable bonds is 5. The van der Waals surface area contributed by atoms with Gasteiger partial charge in [0.05, 0.1) is 28.1 Å². The minimum atomic E-state index is -3.49. The summed E-state index contributed by atoms with van der Waals surface area (Å²) in [6.07, 6.45) is 1.02. The monoisotopic (exact) mass is 411 g/mol. The van der Waals surface area contributed by atoms with Crippen molar-refractivity contribution in [3.05, 3.63) is 63.1 Å². The van der Waals surface area contributed by atoms with Crippen molar-refractivity contribution < 1.29 is 13.2 Å². The van der Waals surface area contributed by atoms with Gasteiger partial charge >= 0.3 is 0 Å². The number of amides is 1. The number of carbonyl (C=O) groups excluding carboxylic acids is 1. The molecular weight excluding hydrogens is 397 g/mol. The molecule has 1 atom stereocenters. The molecule has 0 aliphatic heterocycles. The summed E-state index contributed by atoms with van der Waals surface area (Å²) in [4.78, 5) is 12.5. The van der Waals surface area contributed by atoms with E-state index in [0.717, 1.165) is 6.26 Å². The zero-order valence-corrected chi connectivity index (χ0v) is 16.2. The molecule has 2 aromatic rings. The van der Waals surface area contributed by atoms with Gasteiger partial charge in [0.15, 0.2) is 0 Å². The van der Waals surface area contributed by atoms with Crippen LogP contribution in [0, 0.1) is 18.3 Å². The van der Waals surface area contributed by atoms with Gasteiger partial charge in [0.1, 0.15) is 6.04 Å². The molecule has 0 aliphatic rings. The predicted octanol–water partition coefficient (Wildman–Crippen LogP) is 3.67. The average Bonchev–Trinajstić information content (AvgIpc) is 2.56. The van der Waals surface area contributed by atoms with Gasteiger partial charge in [-0.2, -0.15) is 5.26 Å². The Balaban J connectivity index is 2.30. The molecule has 0 saturated carbocycles. The fourth-order valence-electron chi connectivity index (χ4n) is 2.21. The highest BCUT2D eigenvalue weighted by atomic mass is 35.5. The number of nitrogens with one attached hydrogen (secondary N) is 2. The van der Waals surface area contributed by atoms with Crippen LogP contribution >= 0.6 is 23.2 Å². The lowest BCUT2D eigenvalue weighted by molar-refractivity contribution is 0.0945. The number of hydrogen-bond donors (Lipinski definition) is 2. The largest absolute Gasteiger partial charge is 0.332 e. The maximum Gasteiger partial charge on any atom is 0.252 e. The summed E-state index contributed by atoms with van der Waals surface area (Å²) >= 11 is 12.1. The molecular formula is C17H15Cl2N3O3S. The molecule has 136 valence electrons. The van der Waals surface area contributed by atoms with Crippen LogP contribution in [0.1, 0.15) is 27.5 Å². The Morgan fingerprint density at radius 3 is 2.54 bits per heavy atom. The van der Waals surface area contributed by atoms with E-state index >= 15 is 0 Å². The molecule has 0 saturated heterocycles. The Labute approximate surface area is 161 Å². The first-order valence-electron chi connectivity index (χ1n) is 7.35. The molecule has 2 rings (SSSR count). The third kappa shape index (κ3) is 4.88. The second-order valence-corrected chi connectivity index (χ2v) is 8.12. The van der Waals surface area contributed by atoms with Crippen LogP contribution in [0.2, 0.25) is 10.0 Å². The normalized spacial score (nSPS) is 12.1. The van der Waals surface area contributed by atoms with E-state index in [9.17, 15) is 18.5 Å². The predicted molar refractivity (Wildman–Crippen MR) is 102 cm³/mol. The van der Waals surface area contributed by atoms with Crippen molar-refractivity contribution in [3.63, 3.8) is 0 Å². The Morgan fingerprint density at radius 1 is 1.23 bits per heavy atom. The minimum absolute atomic E-state index is 0.185. The molecule has 6 nitrogen and oxygen atoms in total. The third-order valence-corrected chi connectivity index (χ3v) is 4.92. The van der Waals surface area contributed by atoms with Crippen LogP contribution < -0.4 is 10.0 Å². The van der Waals surface area contributed by atoms with Gasteiger partial charge in [0, 0.05) is 11.1 Å². The van der Waals surface area contributed by atoms with Crippen LogP contribution in [0.15, 0.2) is 36.4 Å². The number of nitrogens with zero attached hydrogens (tertiary/aromatic N) is 1. The molecule has 0 spiro atoms. The van der Waals surface area contributed by atoms with Crippen molar-refractivity contribution in [2.45, 2.75) is 13.0 Å². The SMILES string of the molecule is Cc1ccc(C(=O)NC(C#N)c2cccc(Cl)c2Cl)cc1NS(C)(=O)=O. The van der Waals surface area contributed by atoms with E-state index in [1.165, 1.54) is 12.1 Å². The molecule has 0 fully saturated rings. The zero-order valence-electron chi connectivity index (χ0n) is 13.9. The van der Waals surface area contributed by atoms with Crippen LogP contribution in [0.4, 0.5) is 5.69 Å². The summed E-state index contributed by atoms with van der Waals surface area (Å²) in [6, 6.07) is 10.3. The van der Waals surface area contributed by atoms with Crippen molar-refractivity contribution >= 4 is 44.8 Å². The first kappa shape index (κ1) is 20.0. The second kappa shape index (κ2) is 7.96. The summed E-state index contributed by atoms with van der Waals surface area (Å²) in [7, 11) is -3.49. The van der Waals surface area contributed by atoms with E-state index in [-0.39, 0.29) is 21.3 Å². The highest BCUT2D eigenvalue weighted by Crippen LogP contribution is 2.30. The van der Waals surface area contributed by atoms with Gasteiger partial charge < -0.3 is 5.32 Å². The lowest BCUT2D eigenvalue weighted by Crippen LogP contribution is -2.28. The molecule has 2 aromatic carbocycles.